The first-order valence-corrected chi connectivity index (χ1v) is 5.01. The highest BCUT2D eigenvalue weighted by Gasteiger charge is 2.21. The molecular weight excluding hydrogens is 241 g/mol. The lowest BCUT2D eigenvalue weighted by atomic mass is 10.1. The third-order valence-corrected chi connectivity index (χ3v) is 3.07. The Morgan fingerprint density at radius 3 is 3.17 bits per heavy atom. The van der Waals surface area contributed by atoms with E-state index in [1.54, 1.807) is 0 Å². The number of rotatable bonds is 0. The Bertz CT molecular complexity index is 310. The van der Waals surface area contributed by atoms with E-state index in [0.717, 1.165) is 24.0 Å². The summed E-state index contributed by atoms with van der Waals surface area (Å²) in [7, 11) is 0. The minimum Gasteiger partial charge on any atom is -0.326 e. The molecule has 1 aromatic rings. The molecular formula is C7H9BrClN3. The number of hydrogen-bond acceptors (Lipinski definition) is 2. The fourth-order valence-electron chi connectivity index (χ4n) is 1.50. The fourth-order valence-corrected chi connectivity index (χ4v) is 2.44. The Labute approximate surface area is 84.0 Å². The van der Waals surface area contributed by atoms with Gasteiger partial charge in [-0.2, -0.15) is 0 Å². The molecule has 2 N–H and O–H groups in total. The predicted octanol–water partition coefficient (Wildman–Crippen LogP) is 1.57. The van der Waals surface area contributed by atoms with E-state index in [9.17, 15) is 0 Å². The van der Waals surface area contributed by atoms with Gasteiger partial charge in [-0.1, -0.05) is 0 Å². The largest absolute Gasteiger partial charge is 0.326 e. The molecule has 0 aromatic carbocycles. The third-order valence-electron chi connectivity index (χ3n) is 2.15. The molecule has 2 heterocycles. The highest BCUT2D eigenvalue weighted by molar-refractivity contribution is 9.10. The van der Waals surface area contributed by atoms with Gasteiger partial charge in [0.1, 0.15) is 4.60 Å². The maximum absolute atomic E-state index is 5.89. The van der Waals surface area contributed by atoms with Crippen LogP contribution in [-0.2, 0) is 13.0 Å². The molecule has 0 aliphatic carbocycles. The third kappa shape index (κ3) is 1.28. The van der Waals surface area contributed by atoms with E-state index >= 15 is 0 Å². The van der Waals surface area contributed by atoms with Crippen molar-refractivity contribution >= 4 is 27.5 Å². The summed E-state index contributed by atoms with van der Waals surface area (Å²) < 4.78 is 2.83. The summed E-state index contributed by atoms with van der Waals surface area (Å²) in [5, 5.41) is 0.534. The first-order chi connectivity index (χ1) is 5.68. The molecule has 1 aromatic heterocycles. The first kappa shape index (κ1) is 8.53. The van der Waals surface area contributed by atoms with E-state index in [1.807, 2.05) is 4.57 Å². The van der Waals surface area contributed by atoms with Crippen LogP contribution in [0.2, 0.25) is 5.28 Å². The quantitative estimate of drug-likeness (QED) is 0.760. The van der Waals surface area contributed by atoms with Gasteiger partial charge in [-0.25, -0.2) is 4.98 Å². The molecule has 66 valence electrons. The second kappa shape index (κ2) is 3.01. The standard InChI is InChI=1S/C7H9BrClN3/c8-6-5-2-1-4(10)3-12(5)7(9)11-6/h4H,1-3,10H2. The van der Waals surface area contributed by atoms with Crippen LogP contribution in [0.5, 0.6) is 0 Å². The Morgan fingerprint density at radius 1 is 1.67 bits per heavy atom. The summed E-state index contributed by atoms with van der Waals surface area (Å²) in [5.74, 6) is 0. The second-order valence-electron chi connectivity index (χ2n) is 3.03. The van der Waals surface area contributed by atoms with Crippen LogP contribution in [0.3, 0.4) is 0 Å². The van der Waals surface area contributed by atoms with Gasteiger partial charge in [-0.05, 0) is 40.4 Å². The van der Waals surface area contributed by atoms with E-state index in [1.165, 1.54) is 5.69 Å². The van der Waals surface area contributed by atoms with Crippen LogP contribution in [0.15, 0.2) is 4.60 Å². The summed E-state index contributed by atoms with van der Waals surface area (Å²) in [6, 6.07) is 0.219. The lowest BCUT2D eigenvalue weighted by Crippen LogP contribution is -2.31. The van der Waals surface area contributed by atoms with Gasteiger partial charge in [-0.15, -0.1) is 0 Å². The highest BCUT2D eigenvalue weighted by atomic mass is 79.9. The molecule has 0 radical (unpaired) electrons. The van der Waals surface area contributed by atoms with Gasteiger partial charge in [0.2, 0.25) is 5.28 Å². The SMILES string of the molecule is NC1CCc2c(Br)nc(Cl)n2C1. The topological polar surface area (TPSA) is 43.8 Å². The van der Waals surface area contributed by atoms with E-state index in [2.05, 4.69) is 20.9 Å². The van der Waals surface area contributed by atoms with Crippen molar-refractivity contribution in [3.8, 4) is 0 Å². The van der Waals surface area contributed by atoms with Gasteiger partial charge in [0.25, 0.3) is 0 Å². The number of aromatic nitrogens is 2. The zero-order valence-corrected chi connectivity index (χ0v) is 8.77. The lowest BCUT2D eigenvalue weighted by molar-refractivity contribution is 0.460. The van der Waals surface area contributed by atoms with E-state index < -0.39 is 0 Å². The van der Waals surface area contributed by atoms with Crippen molar-refractivity contribution in [3.63, 3.8) is 0 Å². The maximum Gasteiger partial charge on any atom is 0.204 e. The highest BCUT2D eigenvalue weighted by Crippen LogP contribution is 2.26. The predicted molar refractivity (Wildman–Crippen MR) is 51.2 cm³/mol. The summed E-state index contributed by atoms with van der Waals surface area (Å²) in [4.78, 5) is 4.12. The molecule has 2 rings (SSSR count). The van der Waals surface area contributed by atoms with Crippen molar-refractivity contribution in [2.75, 3.05) is 0 Å². The van der Waals surface area contributed by atoms with Crippen LogP contribution >= 0.6 is 27.5 Å². The van der Waals surface area contributed by atoms with E-state index in [0.29, 0.717) is 5.28 Å². The fraction of sp³-hybridized carbons (Fsp3) is 0.571. The number of nitrogens with zero attached hydrogens (tertiary/aromatic N) is 2. The Morgan fingerprint density at radius 2 is 2.42 bits per heavy atom. The summed E-state index contributed by atoms with van der Waals surface area (Å²) >= 11 is 9.26. The Hall–Kier alpha value is -0.0600. The molecule has 1 atom stereocenters. The normalized spacial score (nSPS) is 22.4. The molecule has 0 amide bonds. The number of hydrogen-bond donors (Lipinski definition) is 1. The number of halogens is 2. The van der Waals surface area contributed by atoms with Crippen LogP contribution in [0.1, 0.15) is 12.1 Å². The maximum atomic E-state index is 5.89. The summed E-state index contributed by atoms with van der Waals surface area (Å²) in [5.41, 5.74) is 6.97. The second-order valence-corrected chi connectivity index (χ2v) is 4.12. The average Bonchev–Trinajstić information content (AvgIpc) is 2.28. The van der Waals surface area contributed by atoms with Crippen LogP contribution in [0.25, 0.3) is 0 Å². The Balaban J connectivity index is 2.45. The summed E-state index contributed by atoms with van der Waals surface area (Å²) in [6.07, 6.45) is 1.97. The van der Waals surface area contributed by atoms with Crippen LogP contribution in [0, 0.1) is 0 Å². The molecule has 1 aliphatic rings. The minimum absolute atomic E-state index is 0.219. The van der Waals surface area contributed by atoms with Crippen molar-refractivity contribution in [1.29, 1.82) is 0 Å². The van der Waals surface area contributed by atoms with Crippen LogP contribution in [0.4, 0.5) is 0 Å². The number of nitrogens with two attached hydrogens (primary N) is 1. The number of fused-ring (bicyclic) bond motifs is 1. The smallest absolute Gasteiger partial charge is 0.204 e. The average molecular weight is 251 g/mol. The van der Waals surface area contributed by atoms with Crippen molar-refractivity contribution in [1.82, 2.24) is 9.55 Å². The molecule has 0 bridgehead atoms. The molecule has 3 nitrogen and oxygen atoms in total. The molecule has 0 saturated heterocycles. The monoisotopic (exact) mass is 249 g/mol. The first-order valence-electron chi connectivity index (χ1n) is 3.84. The molecule has 0 spiro atoms. The minimum atomic E-state index is 0.219. The van der Waals surface area contributed by atoms with Crippen molar-refractivity contribution in [2.45, 2.75) is 25.4 Å². The van der Waals surface area contributed by atoms with Gasteiger partial charge in [0.15, 0.2) is 0 Å². The van der Waals surface area contributed by atoms with Crippen LogP contribution < -0.4 is 5.73 Å². The van der Waals surface area contributed by atoms with Gasteiger partial charge in [0, 0.05) is 12.6 Å². The van der Waals surface area contributed by atoms with Gasteiger partial charge < -0.3 is 10.3 Å². The lowest BCUT2D eigenvalue weighted by Gasteiger charge is -2.20. The zero-order valence-electron chi connectivity index (χ0n) is 6.43. The van der Waals surface area contributed by atoms with Gasteiger partial charge in [0.05, 0.1) is 5.69 Å². The van der Waals surface area contributed by atoms with Gasteiger partial charge in [-0.3, -0.25) is 0 Å². The zero-order chi connectivity index (χ0) is 8.72. The van der Waals surface area contributed by atoms with E-state index in [-0.39, 0.29) is 6.04 Å². The molecule has 0 fully saturated rings. The molecule has 5 heteroatoms. The van der Waals surface area contributed by atoms with Crippen molar-refractivity contribution < 1.29 is 0 Å². The number of imidazole rings is 1. The van der Waals surface area contributed by atoms with Crippen molar-refractivity contribution in [3.05, 3.63) is 15.6 Å². The molecule has 1 unspecified atom stereocenters. The van der Waals surface area contributed by atoms with Crippen molar-refractivity contribution in [2.24, 2.45) is 5.73 Å². The molecule has 12 heavy (non-hydrogen) atoms. The molecule has 0 saturated carbocycles. The molecule has 1 aliphatic heterocycles. The van der Waals surface area contributed by atoms with E-state index in [4.69, 9.17) is 17.3 Å². The summed E-state index contributed by atoms with van der Waals surface area (Å²) in [6.45, 7) is 0.784. The Kier molecular flexibility index (Phi) is 2.14. The van der Waals surface area contributed by atoms with Gasteiger partial charge >= 0.3 is 0 Å². The van der Waals surface area contributed by atoms with Crippen LogP contribution in [-0.4, -0.2) is 15.6 Å².